The lowest BCUT2D eigenvalue weighted by molar-refractivity contribution is 0.0599. The Morgan fingerprint density at radius 2 is 0.784 bits per heavy atom. The maximum absolute atomic E-state index is 6.01. The molecule has 16 nitrogen and oxygen atoms in total. The largest absolute Gasteiger partial charge is 0.492 e. The molecule has 0 aliphatic rings. The summed E-state index contributed by atoms with van der Waals surface area (Å²) in [4.78, 5) is 13.8. The molecule has 0 aliphatic carbocycles. The maximum atomic E-state index is 6.01. The van der Waals surface area contributed by atoms with Crippen LogP contribution in [-0.4, -0.2) is 105 Å². The Morgan fingerprint density at radius 1 is 0.336 bits per heavy atom. The highest BCUT2D eigenvalue weighted by atomic mass is 16.5. The topological polar surface area (TPSA) is 164 Å². The third-order valence-corrected chi connectivity index (χ3v) is 19.2. The van der Waals surface area contributed by atoms with E-state index >= 15 is 0 Å². The van der Waals surface area contributed by atoms with Crippen LogP contribution in [-0.2, 0) is 52.3 Å². The average molecular weight is 1720 g/mol. The highest BCUT2D eigenvalue weighted by molar-refractivity contribution is 5.78. The van der Waals surface area contributed by atoms with Crippen molar-refractivity contribution in [3.8, 4) is 34.6 Å². The van der Waals surface area contributed by atoms with Crippen molar-refractivity contribution in [3.05, 3.63) is 209 Å². The van der Waals surface area contributed by atoms with Gasteiger partial charge in [0.2, 0.25) is 5.88 Å². The third kappa shape index (κ3) is 46.4. The van der Waals surface area contributed by atoms with E-state index in [1.165, 1.54) is 34.9 Å². The predicted molar refractivity (Wildman–Crippen MR) is 530 cm³/mol. The minimum atomic E-state index is 0.0586. The number of nitrogens with one attached hydrogen (secondary N) is 4. The summed E-state index contributed by atoms with van der Waals surface area (Å²) in [5, 5.41) is 14.9. The first-order valence-electron chi connectivity index (χ1n) is 45.9. The average Bonchev–Trinajstić information content (AvgIpc) is 1.67. The van der Waals surface area contributed by atoms with Gasteiger partial charge in [-0.1, -0.05) is 221 Å². The molecular weight excluding hydrogens is 1550 g/mol. The number of unbranched alkanes of at least 4 members (excludes halogenated alkanes) is 1. The molecule has 0 saturated heterocycles. The molecule has 4 aromatic carbocycles. The Morgan fingerprint density at radius 3 is 1.26 bits per heavy atom. The highest BCUT2D eigenvalue weighted by Crippen LogP contribution is 2.33. The van der Waals surface area contributed by atoms with Gasteiger partial charge in [0, 0.05) is 101 Å². The van der Waals surface area contributed by atoms with Crippen molar-refractivity contribution in [3.63, 3.8) is 0 Å². The first kappa shape index (κ1) is 107. The second-order valence-electron chi connectivity index (χ2n) is 46.8. The molecule has 0 saturated carbocycles. The van der Waals surface area contributed by atoms with Gasteiger partial charge in [-0.05, 0) is 243 Å². The van der Waals surface area contributed by atoms with E-state index in [2.05, 4.69) is 375 Å². The molecule has 4 N–H and O–H groups in total. The molecule has 0 fully saturated rings. The summed E-state index contributed by atoms with van der Waals surface area (Å²) >= 11 is 0. The van der Waals surface area contributed by atoms with Gasteiger partial charge in [0.25, 0.3) is 0 Å². The fourth-order valence-corrected chi connectivity index (χ4v) is 12.7. The van der Waals surface area contributed by atoms with Gasteiger partial charge in [0.15, 0.2) is 0 Å². The summed E-state index contributed by atoms with van der Waals surface area (Å²) in [6, 6.07) is 47.6. The van der Waals surface area contributed by atoms with Crippen LogP contribution < -0.4 is 45.0 Å². The molecule has 0 unspecified atom stereocenters. The summed E-state index contributed by atoms with van der Waals surface area (Å²) in [5.74, 6) is 6.26. The van der Waals surface area contributed by atoms with E-state index in [9.17, 15) is 0 Å². The minimum Gasteiger partial charge on any atom is -0.492 e. The minimum absolute atomic E-state index is 0.0586. The van der Waals surface area contributed by atoms with Crippen LogP contribution in [0.2, 0.25) is 0 Å². The first-order valence-corrected chi connectivity index (χ1v) is 45.9. The molecule has 0 aliphatic heterocycles. The van der Waals surface area contributed by atoms with Gasteiger partial charge in [0.05, 0.1) is 43.6 Å². The van der Waals surface area contributed by atoms with Crippen molar-refractivity contribution in [2.75, 3.05) is 59.2 Å². The van der Waals surface area contributed by atoms with Crippen LogP contribution in [0.25, 0.3) is 22.3 Å². The fraction of sp³-hybridized carbons (Fsp3) is 0.587. The fourth-order valence-electron chi connectivity index (χ4n) is 12.7. The molecule has 125 heavy (non-hydrogen) atoms. The van der Waals surface area contributed by atoms with Crippen LogP contribution in [0.4, 0.5) is 0 Å². The van der Waals surface area contributed by atoms with E-state index in [1.807, 2.05) is 83.5 Å². The number of pyridine rings is 3. The van der Waals surface area contributed by atoms with Gasteiger partial charge in [-0.2, -0.15) is 0 Å². The van der Waals surface area contributed by atoms with E-state index in [0.717, 1.165) is 139 Å². The van der Waals surface area contributed by atoms with Gasteiger partial charge >= 0.3 is 0 Å². The second-order valence-corrected chi connectivity index (χ2v) is 46.8. The van der Waals surface area contributed by atoms with Crippen molar-refractivity contribution in [2.45, 2.75) is 338 Å². The van der Waals surface area contributed by atoms with E-state index in [4.69, 9.17) is 32.8 Å². The molecule has 6 heterocycles. The first-order chi connectivity index (χ1) is 57.4. The van der Waals surface area contributed by atoms with Crippen molar-refractivity contribution in [1.29, 1.82) is 0 Å². The summed E-state index contributed by atoms with van der Waals surface area (Å²) in [6.07, 6.45) is 14.8. The number of aromatic nitrogens is 5. The van der Waals surface area contributed by atoms with Crippen molar-refractivity contribution >= 4 is 22.3 Å². The van der Waals surface area contributed by atoms with Gasteiger partial charge in [0.1, 0.15) is 71.2 Å². The monoisotopic (exact) mass is 1720 g/mol. The lowest BCUT2D eigenvalue weighted by Gasteiger charge is -2.21. The van der Waals surface area contributed by atoms with Crippen molar-refractivity contribution < 1.29 is 32.8 Å². The predicted octanol–water partition coefficient (Wildman–Crippen LogP) is 27.1. The van der Waals surface area contributed by atoms with Crippen LogP contribution in [0, 0.1) is 21.7 Å². The van der Waals surface area contributed by atoms with Gasteiger partial charge in [-0.3, -0.25) is 0 Å². The molecule has 0 amide bonds. The molecule has 0 spiro atoms. The molecule has 0 bridgehead atoms. The number of ether oxygens (including phenoxy) is 6. The SMILES string of the molecule is CC(C)(C)CCCCOc1ccc2nc(C(C)(C)C)cn2c1.CC(C)(C)COCc1ccc(Oc2cccc(CC(C)(C)C)c2)cc1.CC(C)(C)Cc1ccc2cc(CCNC(C)(C)C)oc2c1.CC(C)(C)NCCOc1ccc2nc(C(C)(C)C)cn2c1.CC(C)(C)NCCOc1cccc(C(C)(C)C)c1.CC(C)(C)NCCOc1cccc(C(C)(C)C)n1. The Labute approximate surface area is 758 Å². The normalized spacial score (nSPS) is 12.7. The summed E-state index contributed by atoms with van der Waals surface area (Å²) in [6.45, 7) is 86.7. The van der Waals surface area contributed by atoms with Crippen LogP contribution >= 0.6 is 0 Å². The van der Waals surface area contributed by atoms with E-state index < -0.39 is 0 Å². The smallest absolute Gasteiger partial charge is 0.213 e. The number of benzene rings is 4. The van der Waals surface area contributed by atoms with Crippen LogP contribution in [0.5, 0.6) is 34.6 Å². The maximum Gasteiger partial charge on any atom is 0.213 e. The zero-order valence-corrected chi connectivity index (χ0v) is 85.0. The Bertz CT molecular complexity index is 4690. The number of rotatable bonds is 27. The lowest BCUT2D eigenvalue weighted by Crippen LogP contribution is -2.38. The number of hydrogen-bond acceptors (Lipinski definition) is 14. The third-order valence-electron chi connectivity index (χ3n) is 19.2. The van der Waals surface area contributed by atoms with Gasteiger partial charge in [-0.15, -0.1) is 0 Å². The molecule has 0 atom stereocenters. The number of nitrogens with zero attached hydrogens (tertiary/aromatic N) is 5. The number of hydrogen-bond donors (Lipinski definition) is 4. The number of furan rings is 1. The molecule has 10 aromatic rings. The molecule has 694 valence electrons. The zero-order chi connectivity index (χ0) is 93.9. The van der Waals surface area contributed by atoms with Crippen molar-refractivity contribution in [1.82, 2.24) is 45.0 Å². The summed E-state index contributed by atoms with van der Waals surface area (Å²) in [7, 11) is 0. The molecule has 0 radical (unpaired) electrons. The molecule has 16 heteroatoms. The van der Waals surface area contributed by atoms with E-state index in [0.29, 0.717) is 43.1 Å². The van der Waals surface area contributed by atoms with Crippen molar-refractivity contribution in [2.24, 2.45) is 21.7 Å². The number of imidazole rings is 2. The summed E-state index contributed by atoms with van der Waals surface area (Å²) < 4.78 is 45.0. The Kier molecular flexibility index (Phi) is 40.0. The lowest BCUT2D eigenvalue weighted by atomic mass is 9.87. The highest BCUT2D eigenvalue weighted by Gasteiger charge is 2.23. The standard InChI is InChI=1S/C23H32O2.C19H30N2O.C19H29NO.C17H27N3O.C16H27NO.C15H26N2O/c1-22(2,3)15-19-8-7-9-21(14-19)25-20-12-10-18(11-13-20)16-24-17-23(4,5)6;1-18(2,3)11-7-8-12-22-15-9-10-17-20-16(19(4,5)6)14-21(17)13-15;1-18(2,3)13-14-7-8-15-12-16(21-17(15)11-14)9-10-20-19(4,5)6;1-16(2,3)14-12-20-11-13(7-8-15(20)19-14)21-10-9-18-17(4,5)6;1-15(2,3)13-8-7-9-14(12-13)18-11-10-17-16(4,5)6;1-14(2,3)12-8-7-9-13(17-12)18-11-10-16-15(4,5)6/h7-14H,15-17H2,1-6H3;9-10,13-14H,7-8,11-12H2,1-6H3;7-8,11-12,20H,9-10,13H2,1-6H3;7-8,11-12,18H,9-10H2,1-6H3;7-9,12,17H,10-11H2,1-6H3;7-9,16H,10-11H2,1-6H3. The van der Waals surface area contributed by atoms with Crippen LogP contribution in [0.1, 0.15) is 314 Å². The molecule has 6 aromatic heterocycles. The quantitative estimate of drug-likeness (QED) is 0.0360. The second kappa shape index (κ2) is 46.7. The molecule has 10 rings (SSSR count). The van der Waals surface area contributed by atoms with Gasteiger partial charge < -0.3 is 62.9 Å². The number of fused-ring (bicyclic) bond motifs is 3. The molecular formula is C109H171N9O7. The van der Waals surface area contributed by atoms with Gasteiger partial charge in [-0.25, -0.2) is 15.0 Å². The van der Waals surface area contributed by atoms with E-state index in [-0.39, 0.29) is 54.6 Å². The van der Waals surface area contributed by atoms with Crippen LogP contribution in [0.15, 0.2) is 169 Å². The Hall–Kier alpha value is -8.25. The summed E-state index contributed by atoms with van der Waals surface area (Å²) in [5.41, 5.74) is 13.4. The Balaban J connectivity index is 0.000000267. The van der Waals surface area contributed by atoms with Crippen LogP contribution in [0.3, 0.4) is 0 Å². The zero-order valence-electron chi connectivity index (χ0n) is 85.0. The van der Waals surface area contributed by atoms with E-state index in [1.54, 1.807) is 0 Å².